The maximum atomic E-state index is 6.09. The van der Waals surface area contributed by atoms with Crippen LogP contribution in [-0.2, 0) is 0 Å². The molecule has 3 nitrogen and oxygen atoms in total. The molecule has 0 unspecified atom stereocenters. The maximum absolute atomic E-state index is 6.09. The van der Waals surface area contributed by atoms with E-state index in [4.69, 9.17) is 5.73 Å². The lowest BCUT2D eigenvalue weighted by Crippen LogP contribution is -2.51. The van der Waals surface area contributed by atoms with Crippen molar-refractivity contribution in [3.8, 4) is 0 Å². The van der Waals surface area contributed by atoms with Crippen LogP contribution in [0.5, 0.6) is 0 Å². The maximum Gasteiger partial charge on any atom is 0.192 e. The molecule has 0 aliphatic carbocycles. The van der Waals surface area contributed by atoms with Gasteiger partial charge in [0.25, 0.3) is 0 Å². The first kappa shape index (κ1) is 12.3. The molecule has 3 heteroatoms. The molecule has 0 radical (unpaired) electrons. The lowest BCUT2D eigenvalue weighted by atomic mass is 9.98. The Morgan fingerprint density at radius 1 is 1.20 bits per heavy atom. The average molecular weight is 211 g/mol. The fourth-order valence-corrected chi connectivity index (χ4v) is 2.27. The molecule has 0 amide bonds. The highest BCUT2D eigenvalue weighted by molar-refractivity contribution is 5.79. The molecule has 0 aromatic heterocycles. The van der Waals surface area contributed by atoms with Crippen molar-refractivity contribution < 1.29 is 0 Å². The van der Waals surface area contributed by atoms with Crippen molar-refractivity contribution in [2.75, 3.05) is 0 Å². The van der Waals surface area contributed by atoms with Crippen LogP contribution < -0.4 is 5.73 Å². The third kappa shape index (κ3) is 3.40. The van der Waals surface area contributed by atoms with Gasteiger partial charge in [-0.15, -0.1) is 0 Å². The zero-order valence-corrected chi connectivity index (χ0v) is 10.7. The van der Waals surface area contributed by atoms with Crippen molar-refractivity contribution >= 4 is 5.96 Å². The molecule has 88 valence electrons. The number of nitrogens with zero attached hydrogens (tertiary/aromatic N) is 2. The highest BCUT2D eigenvalue weighted by atomic mass is 15.3. The van der Waals surface area contributed by atoms with E-state index in [0.717, 1.165) is 0 Å². The van der Waals surface area contributed by atoms with Crippen LogP contribution >= 0.6 is 0 Å². The third-order valence-electron chi connectivity index (χ3n) is 2.91. The highest BCUT2D eigenvalue weighted by Crippen LogP contribution is 2.22. The molecule has 0 spiro atoms. The molecular weight excluding hydrogens is 186 g/mol. The molecule has 2 atom stereocenters. The van der Waals surface area contributed by atoms with Crippen LogP contribution in [0.3, 0.4) is 0 Å². The van der Waals surface area contributed by atoms with Crippen LogP contribution in [0.1, 0.15) is 53.9 Å². The molecule has 1 fully saturated rings. The highest BCUT2D eigenvalue weighted by Gasteiger charge is 2.26. The molecule has 0 aromatic rings. The minimum Gasteiger partial charge on any atom is -0.370 e. The number of piperidine rings is 1. The van der Waals surface area contributed by atoms with Crippen molar-refractivity contribution in [1.29, 1.82) is 0 Å². The van der Waals surface area contributed by atoms with Gasteiger partial charge < -0.3 is 10.6 Å². The summed E-state index contributed by atoms with van der Waals surface area (Å²) < 4.78 is 0. The Bertz CT molecular complexity index is 230. The molecule has 0 saturated carbocycles. The normalized spacial score (nSPS) is 29.4. The Balaban J connectivity index is 2.80. The van der Waals surface area contributed by atoms with E-state index in [1.807, 2.05) is 0 Å². The largest absolute Gasteiger partial charge is 0.370 e. The van der Waals surface area contributed by atoms with Gasteiger partial charge in [-0.05, 0) is 53.9 Å². The average Bonchev–Trinajstić information content (AvgIpc) is 1.99. The lowest BCUT2D eigenvalue weighted by molar-refractivity contribution is 0.187. The molecule has 2 N–H and O–H groups in total. The van der Waals surface area contributed by atoms with Gasteiger partial charge in [0.1, 0.15) is 0 Å². The van der Waals surface area contributed by atoms with Crippen LogP contribution in [0.4, 0.5) is 0 Å². The van der Waals surface area contributed by atoms with Gasteiger partial charge in [-0.2, -0.15) is 0 Å². The third-order valence-corrected chi connectivity index (χ3v) is 2.91. The predicted octanol–water partition coefficient (Wildman–Crippen LogP) is 2.36. The summed E-state index contributed by atoms with van der Waals surface area (Å²) >= 11 is 0. The van der Waals surface area contributed by atoms with Gasteiger partial charge in [-0.1, -0.05) is 0 Å². The molecule has 1 heterocycles. The second kappa shape index (κ2) is 4.42. The summed E-state index contributed by atoms with van der Waals surface area (Å²) in [4.78, 5) is 6.83. The van der Waals surface area contributed by atoms with Gasteiger partial charge >= 0.3 is 0 Å². The monoisotopic (exact) mass is 211 g/mol. The van der Waals surface area contributed by atoms with Crippen molar-refractivity contribution in [2.45, 2.75) is 71.5 Å². The molecule has 0 bridgehead atoms. The van der Waals surface area contributed by atoms with Crippen LogP contribution in [-0.4, -0.2) is 28.5 Å². The Labute approximate surface area is 93.7 Å². The summed E-state index contributed by atoms with van der Waals surface area (Å²) in [6.45, 7) is 10.7. The SMILES string of the molecule is C[C@@H]1CCC[C@H](C)N1C(N)=NC(C)(C)C. The summed E-state index contributed by atoms with van der Waals surface area (Å²) in [5, 5.41) is 0. The van der Waals surface area contributed by atoms with Gasteiger partial charge in [0.05, 0.1) is 5.54 Å². The number of nitrogens with two attached hydrogens (primary N) is 1. The van der Waals surface area contributed by atoms with Crippen molar-refractivity contribution in [3.05, 3.63) is 0 Å². The van der Waals surface area contributed by atoms with Gasteiger partial charge in [-0.25, -0.2) is 4.99 Å². The topological polar surface area (TPSA) is 41.6 Å². The zero-order valence-electron chi connectivity index (χ0n) is 10.7. The van der Waals surface area contributed by atoms with Gasteiger partial charge in [0, 0.05) is 12.1 Å². The smallest absolute Gasteiger partial charge is 0.192 e. The standard InChI is InChI=1S/C12H25N3/c1-9-7-6-8-10(2)15(9)11(13)14-12(3,4)5/h9-10H,6-8H2,1-5H3,(H2,13,14)/t9-,10+. The Morgan fingerprint density at radius 2 is 1.67 bits per heavy atom. The molecule has 1 aliphatic heterocycles. The molecule has 1 saturated heterocycles. The minimum absolute atomic E-state index is 0.0824. The summed E-state index contributed by atoms with van der Waals surface area (Å²) in [6, 6.07) is 1.06. The fraction of sp³-hybridized carbons (Fsp3) is 0.917. The fourth-order valence-electron chi connectivity index (χ4n) is 2.27. The van der Waals surface area contributed by atoms with Crippen molar-refractivity contribution in [2.24, 2.45) is 10.7 Å². The molecule has 15 heavy (non-hydrogen) atoms. The second-order valence-electron chi connectivity index (χ2n) is 5.68. The number of guanidine groups is 1. The van der Waals surface area contributed by atoms with Gasteiger partial charge in [0.15, 0.2) is 5.96 Å². The van der Waals surface area contributed by atoms with E-state index in [1.165, 1.54) is 19.3 Å². The number of likely N-dealkylation sites (tertiary alicyclic amines) is 1. The first-order valence-electron chi connectivity index (χ1n) is 5.95. The first-order chi connectivity index (χ1) is 6.81. The van der Waals surface area contributed by atoms with Gasteiger partial charge in [0.2, 0.25) is 0 Å². The van der Waals surface area contributed by atoms with Crippen LogP contribution in [0.15, 0.2) is 4.99 Å². The molecule has 1 rings (SSSR count). The lowest BCUT2D eigenvalue weighted by Gasteiger charge is -2.40. The summed E-state index contributed by atoms with van der Waals surface area (Å²) in [5.41, 5.74) is 6.01. The van der Waals surface area contributed by atoms with E-state index >= 15 is 0 Å². The molecular formula is C12H25N3. The van der Waals surface area contributed by atoms with E-state index in [-0.39, 0.29) is 5.54 Å². The number of rotatable bonds is 0. The number of hydrogen-bond acceptors (Lipinski definition) is 1. The summed E-state index contributed by atoms with van der Waals surface area (Å²) in [5.74, 6) is 0.710. The van der Waals surface area contributed by atoms with Crippen LogP contribution in [0, 0.1) is 0 Å². The van der Waals surface area contributed by atoms with E-state index in [9.17, 15) is 0 Å². The van der Waals surface area contributed by atoms with Gasteiger partial charge in [-0.3, -0.25) is 0 Å². The van der Waals surface area contributed by atoms with Crippen molar-refractivity contribution in [3.63, 3.8) is 0 Å². The van der Waals surface area contributed by atoms with Crippen LogP contribution in [0.2, 0.25) is 0 Å². The number of aliphatic imine (C=N–C) groups is 1. The summed E-state index contributed by atoms with van der Waals surface area (Å²) in [7, 11) is 0. The first-order valence-corrected chi connectivity index (χ1v) is 5.95. The Morgan fingerprint density at radius 3 is 2.07 bits per heavy atom. The molecule has 0 aromatic carbocycles. The van der Waals surface area contributed by atoms with E-state index in [1.54, 1.807) is 0 Å². The quantitative estimate of drug-likeness (QED) is 0.493. The van der Waals surface area contributed by atoms with E-state index < -0.39 is 0 Å². The minimum atomic E-state index is -0.0824. The summed E-state index contributed by atoms with van der Waals surface area (Å²) in [6.07, 6.45) is 3.76. The molecule has 1 aliphatic rings. The van der Waals surface area contributed by atoms with E-state index in [2.05, 4.69) is 44.5 Å². The predicted molar refractivity (Wildman–Crippen MR) is 66.0 cm³/mol. The number of hydrogen-bond donors (Lipinski definition) is 1. The van der Waals surface area contributed by atoms with Crippen molar-refractivity contribution in [1.82, 2.24) is 4.90 Å². The van der Waals surface area contributed by atoms with E-state index in [0.29, 0.717) is 18.0 Å². The second-order valence-corrected chi connectivity index (χ2v) is 5.68. The zero-order chi connectivity index (χ0) is 11.6. The van der Waals surface area contributed by atoms with Crippen LogP contribution in [0.25, 0.3) is 0 Å². The Hall–Kier alpha value is -0.730. The Kier molecular flexibility index (Phi) is 3.63.